The van der Waals surface area contributed by atoms with Crippen molar-refractivity contribution in [3.63, 3.8) is 0 Å². The van der Waals surface area contributed by atoms with Crippen LogP contribution in [0.3, 0.4) is 0 Å². The minimum absolute atomic E-state index is 0.00322. The largest absolute Gasteiger partial charge is 0.416 e. The van der Waals surface area contributed by atoms with E-state index in [1.54, 1.807) is 12.1 Å². The van der Waals surface area contributed by atoms with Crippen LogP contribution in [0.1, 0.15) is 22.2 Å². The summed E-state index contributed by atoms with van der Waals surface area (Å²) in [5.74, 6) is -0.0621. The first-order chi connectivity index (χ1) is 11.5. The molecule has 0 radical (unpaired) electrons. The summed E-state index contributed by atoms with van der Waals surface area (Å²) in [7, 11) is 0. The summed E-state index contributed by atoms with van der Waals surface area (Å²) in [6.45, 7) is 2.45. The Kier molecular flexibility index (Phi) is 4.49. The van der Waals surface area contributed by atoms with Gasteiger partial charge >= 0.3 is 11.0 Å². The van der Waals surface area contributed by atoms with Crippen LogP contribution in [0.2, 0.25) is 0 Å². The first kappa shape index (κ1) is 16.4. The Labute approximate surface area is 144 Å². The molecule has 0 unspecified atom stereocenters. The predicted octanol–water partition coefficient (Wildman–Crippen LogP) is 2.84. The van der Waals surface area contributed by atoms with Gasteiger partial charge in [0.05, 0.1) is 9.80 Å². The van der Waals surface area contributed by atoms with E-state index in [-0.39, 0.29) is 11.0 Å². The molecule has 0 saturated carbocycles. The summed E-state index contributed by atoms with van der Waals surface area (Å²) in [5, 5.41) is 24.1. The van der Waals surface area contributed by atoms with E-state index >= 15 is 0 Å². The number of amidine groups is 1. The maximum atomic E-state index is 11.1. The number of esters is 1. The molecule has 0 saturated heterocycles. The third-order valence-corrected chi connectivity index (χ3v) is 5.62. The first-order valence-electron chi connectivity index (χ1n) is 6.99. The summed E-state index contributed by atoms with van der Waals surface area (Å²) < 4.78 is 5.11. The summed E-state index contributed by atoms with van der Waals surface area (Å²) >= 11 is 2.39. The summed E-state index contributed by atoms with van der Waals surface area (Å²) in [5.41, 5.74) is 0.995. The predicted molar refractivity (Wildman–Crippen MR) is 89.0 cm³/mol. The fraction of sp³-hybridized carbons (Fsp3) is 0.286. The number of hydrogen-bond donors (Lipinski definition) is 1. The molecule has 8 nitrogen and oxygen atoms in total. The number of carbonyl (C=O) groups is 1. The standard InChI is InChI=1S/C14H13N3O5S2/c1-8(18)22-13-6-9-7-16(5-4-10(9)24-13)14(15-19)11-2-3-12(23-11)17(20)21/h2-3,6,19H,4-5,7H2,1H3/b15-14-. The van der Waals surface area contributed by atoms with E-state index < -0.39 is 4.92 Å². The zero-order valence-electron chi connectivity index (χ0n) is 12.6. The van der Waals surface area contributed by atoms with Crippen molar-refractivity contribution in [1.29, 1.82) is 0 Å². The molecule has 1 N–H and O–H groups in total. The molecule has 0 spiro atoms. The van der Waals surface area contributed by atoms with Gasteiger partial charge in [-0.15, -0.1) is 11.3 Å². The lowest BCUT2D eigenvalue weighted by atomic mass is 10.1. The van der Waals surface area contributed by atoms with Crippen molar-refractivity contribution in [2.75, 3.05) is 6.54 Å². The van der Waals surface area contributed by atoms with Crippen LogP contribution < -0.4 is 4.74 Å². The molecule has 10 heteroatoms. The number of nitrogens with zero attached hydrogens (tertiary/aromatic N) is 3. The van der Waals surface area contributed by atoms with Gasteiger partial charge in [-0.05, 0) is 24.1 Å². The summed E-state index contributed by atoms with van der Waals surface area (Å²) in [6, 6.07) is 4.77. The van der Waals surface area contributed by atoms with Crippen molar-refractivity contribution in [1.82, 2.24) is 4.90 Å². The Hall–Kier alpha value is -2.46. The van der Waals surface area contributed by atoms with Gasteiger partial charge in [0.15, 0.2) is 10.9 Å². The van der Waals surface area contributed by atoms with Crippen LogP contribution in [0.15, 0.2) is 23.4 Å². The van der Waals surface area contributed by atoms with Gasteiger partial charge in [0.25, 0.3) is 0 Å². The Bertz CT molecular complexity index is 826. The Morgan fingerprint density at radius 3 is 2.88 bits per heavy atom. The van der Waals surface area contributed by atoms with Crippen LogP contribution in [0, 0.1) is 10.1 Å². The average Bonchev–Trinajstić information content (AvgIpc) is 3.13. The molecule has 1 aliphatic heterocycles. The van der Waals surface area contributed by atoms with Crippen molar-refractivity contribution in [2.45, 2.75) is 19.9 Å². The molecule has 0 amide bonds. The molecule has 3 heterocycles. The van der Waals surface area contributed by atoms with Crippen LogP contribution in [-0.2, 0) is 17.8 Å². The molecule has 2 aromatic rings. The van der Waals surface area contributed by atoms with Gasteiger partial charge in [-0.3, -0.25) is 14.9 Å². The molecule has 1 aliphatic rings. The Morgan fingerprint density at radius 1 is 1.46 bits per heavy atom. The topological polar surface area (TPSA) is 105 Å². The van der Waals surface area contributed by atoms with Crippen molar-refractivity contribution >= 4 is 39.5 Å². The fourth-order valence-corrected chi connectivity index (χ4v) is 4.38. The van der Waals surface area contributed by atoms with E-state index in [0.29, 0.717) is 35.3 Å². The number of ether oxygens (including phenoxy) is 1. The zero-order valence-corrected chi connectivity index (χ0v) is 14.2. The smallest absolute Gasteiger partial charge is 0.324 e. The van der Waals surface area contributed by atoms with E-state index in [1.165, 1.54) is 24.3 Å². The van der Waals surface area contributed by atoms with Gasteiger partial charge in [-0.1, -0.05) is 16.5 Å². The maximum Gasteiger partial charge on any atom is 0.324 e. The monoisotopic (exact) mass is 367 g/mol. The highest BCUT2D eigenvalue weighted by Crippen LogP contribution is 2.34. The molecule has 0 atom stereocenters. The van der Waals surface area contributed by atoms with Gasteiger partial charge in [-0.25, -0.2) is 0 Å². The number of carbonyl (C=O) groups excluding carboxylic acids is 1. The highest BCUT2D eigenvalue weighted by molar-refractivity contribution is 7.17. The van der Waals surface area contributed by atoms with Gasteiger partial charge in [-0.2, -0.15) is 0 Å². The highest BCUT2D eigenvalue weighted by atomic mass is 32.1. The molecule has 0 aromatic carbocycles. The minimum Gasteiger partial charge on any atom is -0.416 e. The zero-order chi connectivity index (χ0) is 17.3. The quantitative estimate of drug-likeness (QED) is 0.223. The molecule has 0 fully saturated rings. The fourth-order valence-electron chi connectivity index (χ4n) is 2.49. The van der Waals surface area contributed by atoms with E-state index in [0.717, 1.165) is 21.8 Å². The van der Waals surface area contributed by atoms with Gasteiger partial charge in [0.1, 0.15) is 0 Å². The van der Waals surface area contributed by atoms with Crippen molar-refractivity contribution in [3.8, 4) is 5.06 Å². The molecule has 0 bridgehead atoms. The average molecular weight is 367 g/mol. The van der Waals surface area contributed by atoms with Crippen LogP contribution >= 0.6 is 22.7 Å². The van der Waals surface area contributed by atoms with Gasteiger partial charge in [0.2, 0.25) is 0 Å². The molecular weight excluding hydrogens is 354 g/mol. The number of hydrogen-bond acceptors (Lipinski definition) is 8. The summed E-state index contributed by atoms with van der Waals surface area (Å²) in [4.78, 5) is 24.9. The van der Waals surface area contributed by atoms with E-state index in [1.807, 2.05) is 4.90 Å². The molecule has 0 aliphatic carbocycles. The molecule has 3 rings (SSSR count). The van der Waals surface area contributed by atoms with Crippen molar-refractivity contribution < 1.29 is 19.7 Å². The summed E-state index contributed by atoms with van der Waals surface area (Å²) in [6.07, 6.45) is 0.716. The number of oxime groups is 1. The van der Waals surface area contributed by atoms with Crippen LogP contribution in [0.5, 0.6) is 5.06 Å². The second kappa shape index (κ2) is 6.57. The first-order valence-corrected chi connectivity index (χ1v) is 8.63. The Morgan fingerprint density at radius 2 is 2.25 bits per heavy atom. The third kappa shape index (κ3) is 3.24. The van der Waals surface area contributed by atoms with E-state index in [9.17, 15) is 20.1 Å². The number of nitro groups is 1. The molecule has 24 heavy (non-hydrogen) atoms. The van der Waals surface area contributed by atoms with Crippen LogP contribution in [-0.4, -0.2) is 33.4 Å². The molecule has 126 valence electrons. The van der Waals surface area contributed by atoms with Crippen molar-refractivity contribution in [3.05, 3.63) is 43.6 Å². The maximum absolute atomic E-state index is 11.1. The Balaban J connectivity index is 1.81. The molecular formula is C14H13N3O5S2. The number of thiophene rings is 2. The number of rotatable bonds is 3. The second-order valence-electron chi connectivity index (χ2n) is 5.10. The minimum atomic E-state index is -0.471. The lowest BCUT2D eigenvalue weighted by Gasteiger charge is -2.28. The van der Waals surface area contributed by atoms with E-state index in [4.69, 9.17) is 4.74 Å². The number of fused-ring (bicyclic) bond motifs is 1. The van der Waals surface area contributed by atoms with E-state index in [2.05, 4.69) is 5.16 Å². The van der Waals surface area contributed by atoms with Crippen LogP contribution in [0.4, 0.5) is 5.00 Å². The highest BCUT2D eigenvalue weighted by Gasteiger charge is 2.25. The lowest BCUT2D eigenvalue weighted by molar-refractivity contribution is -0.380. The molecule has 2 aromatic heterocycles. The van der Waals surface area contributed by atoms with Crippen molar-refractivity contribution in [2.24, 2.45) is 5.16 Å². The second-order valence-corrected chi connectivity index (χ2v) is 7.26. The lowest BCUT2D eigenvalue weighted by Crippen LogP contribution is -2.35. The van der Waals surface area contributed by atoms with Gasteiger partial charge in [0, 0.05) is 31.0 Å². The van der Waals surface area contributed by atoms with Crippen LogP contribution in [0.25, 0.3) is 0 Å². The van der Waals surface area contributed by atoms with Gasteiger partial charge < -0.3 is 14.8 Å². The SMILES string of the molecule is CC(=O)Oc1cc2c(s1)CCN(/C(=N\O)c1ccc([N+](=O)[O-])s1)C2. The normalized spacial score (nSPS) is 14.4. The third-order valence-electron chi connectivity index (χ3n) is 3.47.